The number of thiazole rings is 1. The summed E-state index contributed by atoms with van der Waals surface area (Å²) in [7, 11) is 0. The molecule has 3 aromatic heterocycles. The lowest BCUT2D eigenvalue weighted by Crippen LogP contribution is -2.25. The minimum atomic E-state index is -0.0397. The zero-order valence-corrected chi connectivity index (χ0v) is 13.8. The highest BCUT2D eigenvalue weighted by atomic mass is 32.1. The van der Waals surface area contributed by atoms with Crippen LogP contribution in [-0.2, 0) is 6.54 Å². The van der Waals surface area contributed by atoms with E-state index in [1.54, 1.807) is 23.9 Å². The smallest absolute Gasteiger partial charge is 0.263 e. The molecule has 0 saturated heterocycles. The first-order chi connectivity index (χ1) is 10.7. The van der Waals surface area contributed by atoms with Crippen LogP contribution in [0, 0.1) is 6.92 Å². The first-order valence-corrected chi connectivity index (χ1v) is 8.74. The van der Waals surface area contributed by atoms with Gasteiger partial charge in [0.2, 0.25) is 0 Å². The molecule has 3 rings (SSSR count). The number of rotatable bonds is 6. The summed E-state index contributed by atoms with van der Waals surface area (Å²) in [5.41, 5.74) is 1.87. The number of nitrogens with zero attached hydrogens (tertiary/aromatic N) is 3. The summed E-state index contributed by atoms with van der Waals surface area (Å²) >= 11 is 3.08. The number of aryl methyl sites for hydroxylation is 2. The zero-order valence-electron chi connectivity index (χ0n) is 12.2. The fraction of sp³-hybridized carbons (Fsp3) is 0.267. The molecule has 1 N–H and O–H groups in total. The lowest BCUT2D eigenvalue weighted by Gasteiger charge is -2.04. The van der Waals surface area contributed by atoms with Crippen molar-refractivity contribution in [2.75, 3.05) is 6.54 Å². The number of hydrogen-bond acceptors (Lipinski definition) is 5. The van der Waals surface area contributed by atoms with Crippen LogP contribution in [0.1, 0.15) is 21.8 Å². The van der Waals surface area contributed by atoms with Crippen molar-refractivity contribution >= 4 is 28.6 Å². The summed E-state index contributed by atoms with van der Waals surface area (Å²) in [5, 5.41) is 7.93. The third-order valence-corrected chi connectivity index (χ3v) is 5.10. The van der Waals surface area contributed by atoms with Crippen LogP contribution in [0.5, 0.6) is 0 Å². The van der Waals surface area contributed by atoms with Crippen LogP contribution in [-0.4, -0.2) is 27.0 Å². The van der Waals surface area contributed by atoms with E-state index in [-0.39, 0.29) is 5.91 Å². The molecule has 0 aliphatic heterocycles. The van der Waals surface area contributed by atoms with Crippen molar-refractivity contribution in [3.63, 3.8) is 0 Å². The SMILES string of the molecule is Cc1nc(-c2ccsc2)sc1C(=O)NCCCn1ccnc1. The Morgan fingerprint density at radius 1 is 1.45 bits per heavy atom. The summed E-state index contributed by atoms with van der Waals surface area (Å²) in [4.78, 5) is 21.4. The first-order valence-electron chi connectivity index (χ1n) is 6.98. The number of carbonyl (C=O) groups is 1. The third kappa shape index (κ3) is 3.42. The van der Waals surface area contributed by atoms with E-state index < -0.39 is 0 Å². The quantitative estimate of drug-likeness (QED) is 0.705. The van der Waals surface area contributed by atoms with Crippen molar-refractivity contribution in [2.45, 2.75) is 19.9 Å². The third-order valence-electron chi connectivity index (χ3n) is 3.21. The van der Waals surface area contributed by atoms with Gasteiger partial charge in [0.15, 0.2) is 0 Å². The summed E-state index contributed by atoms with van der Waals surface area (Å²) in [6.45, 7) is 3.37. The molecule has 22 heavy (non-hydrogen) atoms. The summed E-state index contributed by atoms with van der Waals surface area (Å²) < 4.78 is 2.00. The van der Waals surface area contributed by atoms with Gasteiger partial charge in [-0.3, -0.25) is 4.79 Å². The van der Waals surface area contributed by atoms with Crippen molar-refractivity contribution in [2.24, 2.45) is 0 Å². The van der Waals surface area contributed by atoms with E-state index in [2.05, 4.69) is 15.3 Å². The molecule has 0 aliphatic rings. The Hall–Kier alpha value is -1.99. The Kier molecular flexibility index (Phi) is 4.65. The van der Waals surface area contributed by atoms with Crippen LogP contribution in [0.25, 0.3) is 10.6 Å². The lowest BCUT2D eigenvalue weighted by molar-refractivity contribution is 0.0956. The Balaban J connectivity index is 1.56. The highest BCUT2D eigenvalue weighted by Crippen LogP contribution is 2.29. The maximum atomic E-state index is 12.3. The number of aromatic nitrogens is 3. The average Bonchev–Trinajstić information content (AvgIpc) is 3.24. The Labute approximate surface area is 136 Å². The molecule has 1 amide bonds. The van der Waals surface area contributed by atoms with Gasteiger partial charge in [-0.2, -0.15) is 11.3 Å². The number of thiophene rings is 1. The zero-order chi connectivity index (χ0) is 15.4. The Morgan fingerprint density at radius 2 is 2.36 bits per heavy atom. The monoisotopic (exact) mass is 332 g/mol. The Bertz CT molecular complexity index is 732. The van der Waals surface area contributed by atoms with E-state index in [1.807, 2.05) is 34.5 Å². The molecule has 0 aliphatic carbocycles. The molecule has 3 aromatic rings. The Morgan fingerprint density at radius 3 is 3.09 bits per heavy atom. The highest BCUT2D eigenvalue weighted by Gasteiger charge is 2.15. The minimum Gasteiger partial charge on any atom is -0.351 e. The van der Waals surface area contributed by atoms with E-state index in [0.29, 0.717) is 11.4 Å². The molecule has 0 atom stereocenters. The van der Waals surface area contributed by atoms with E-state index >= 15 is 0 Å². The maximum absolute atomic E-state index is 12.3. The normalized spacial score (nSPS) is 10.8. The van der Waals surface area contributed by atoms with Gasteiger partial charge in [0.05, 0.1) is 12.0 Å². The molecule has 0 bridgehead atoms. The molecule has 0 radical (unpaired) electrons. The van der Waals surface area contributed by atoms with Gasteiger partial charge < -0.3 is 9.88 Å². The summed E-state index contributed by atoms with van der Waals surface area (Å²) in [5.74, 6) is -0.0397. The number of imidazole rings is 1. The van der Waals surface area contributed by atoms with Gasteiger partial charge >= 0.3 is 0 Å². The van der Waals surface area contributed by atoms with Gasteiger partial charge in [0.1, 0.15) is 9.88 Å². The molecule has 114 valence electrons. The van der Waals surface area contributed by atoms with E-state index in [9.17, 15) is 4.79 Å². The van der Waals surface area contributed by atoms with Crippen molar-refractivity contribution in [1.82, 2.24) is 19.9 Å². The molecule has 0 spiro atoms. The average molecular weight is 332 g/mol. The maximum Gasteiger partial charge on any atom is 0.263 e. The van der Waals surface area contributed by atoms with Crippen LogP contribution in [0.15, 0.2) is 35.5 Å². The van der Waals surface area contributed by atoms with Crippen molar-refractivity contribution in [3.8, 4) is 10.6 Å². The fourth-order valence-corrected chi connectivity index (χ4v) is 3.77. The highest BCUT2D eigenvalue weighted by molar-refractivity contribution is 7.17. The van der Waals surface area contributed by atoms with Crippen LogP contribution < -0.4 is 5.32 Å². The van der Waals surface area contributed by atoms with Gasteiger partial charge in [-0.15, -0.1) is 11.3 Å². The molecule has 0 fully saturated rings. The van der Waals surface area contributed by atoms with Gasteiger partial charge in [0.25, 0.3) is 5.91 Å². The second kappa shape index (κ2) is 6.85. The molecule has 0 saturated carbocycles. The van der Waals surface area contributed by atoms with Crippen molar-refractivity contribution < 1.29 is 4.79 Å². The molecule has 3 heterocycles. The molecule has 0 aromatic carbocycles. The summed E-state index contributed by atoms with van der Waals surface area (Å²) in [6.07, 6.45) is 6.33. The minimum absolute atomic E-state index is 0.0397. The van der Waals surface area contributed by atoms with Crippen LogP contribution in [0.4, 0.5) is 0 Å². The van der Waals surface area contributed by atoms with Crippen molar-refractivity contribution in [1.29, 1.82) is 0 Å². The second-order valence-electron chi connectivity index (χ2n) is 4.86. The largest absolute Gasteiger partial charge is 0.351 e. The topological polar surface area (TPSA) is 59.8 Å². The lowest BCUT2D eigenvalue weighted by atomic mass is 10.3. The molecule has 5 nitrogen and oxygen atoms in total. The van der Waals surface area contributed by atoms with E-state index in [4.69, 9.17) is 0 Å². The molecule has 7 heteroatoms. The molecular weight excluding hydrogens is 316 g/mol. The molecular formula is C15H16N4OS2. The number of carbonyl (C=O) groups excluding carboxylic acids is 1. The van der Waals surface area contributed by atoms with Gasteiger partial charge in [-0.05, 0) is 24.8 Å². The molecule has 0 unspecified atom stereocenters. The van der Waals surface area contributed by atoms with Gasteiger partial charge in [0, 0.05) is 36.4 Å². The summed E-state index contributed by atoms with van der Waals surface area (Å²) in [6, 6.07) is 2.02. The number of amides is 1. The van der Waals surface area contributed by atoms with Crippen LogP contribution in [0.3, 0.4) is 0 Å². The van der Waals surface area contributed by atoms with Crippen LogP contribution in [0.2, 0.25) is 0 Å². The first kappa shape index (κ1) is 14.9. The van der Waals surface area contributed by atoms with Crippen molar-refractivity contribution in [3.05, 3.63) is 46.1 Å². The predicted octanol–water partition coefficient (Wildman–Crippen LogP) is 3.20. The van der Waals surface area contributed by atoms with Crippen LogP contribution >= 0.6 is 22.7 Å². The number of hydrogen-bond donors (Lipinski definition) is 1. The van der Waals surface area contributed by atoms with E-state index in [1.165, 1.54) is 11.3 Å². The fourth-order valence-electron chi connectivity index (χ4n) is 2.08. The predicted molar refractivity (Wildman–Crippen MR) is 89.3 cm³/mol. The second-order valence-corrected chi connectivity index (χ2v) is 6.63. The standard InChI is InChI=1S/C15H16N4OS2/c1-11-13(22-15(18-11)12-3-8-21-9-12)14(20)17-4-2-6-19-7-5-16-10-19/h3,5,7-10H,2,4,6H2,1H3,(H,17,20). The van der Waals surface area contributed by atoms with E-state index in [0.717, 1.165) is 29.2 Å². The van der Waals surface area contributed by atoms with Gasteiger partial charge in [-0.25, -0.2) is 9.97 Å². The van der Waals surface area contributed by atoms with Gasteiger partial charge in [-0.1, -0.05) is 0 Å². The number of nitrogens with one attached hydrogen (secondary N) is 1.